The maximum absolute atomic E-state index is 4.30. The number of hydrogen-bond donors (Lipinski definition) is 1. The molecule has 0 bridgehead atoms. The Morgan fingerprint density at radius 1 is 1.33 bits per heavy atom. The van der Waals surface area contributed by atoms with E-state index in [2.05, 4.69) is 57.4 Å². The highest BCUT2D eigenvalue weighted by atomic mass is 79.9. The number of rotatable bonds is 5. The van der Waals surface area contributed by atoms with Crippen LogP contribution in [0.3, 0.4) is 0 Å². The van der Waals surface area contributed by atoms with Crippen molar-refractivity contribution in [2.45, 2.75) is 26.3 Å². The maximum Gasteiger partial charge on any atom is 0.147 e. The van der Waals surface area contributed by atoms with Crippen molar-refractivity contribution in [3.8, 4) is 10.6 Å². The van der Waals surface area contributed by atoms with Gasteiger partial charge in [0, 0.05) is 10.0 Å². The second kappa shape index (κ2) is 6.41. The molecule has 1 unspecified atom stereocenters. The smallest absolute Gasteiger partial charge is 0.147 e. The minimum absolute atomic E-state index is 0.313. The minimum Gasteiger partial charge on any atom is -0.308 e. The van der Waals surface area contributed by atoms with Crippen LogP contribution >= 0.6 is 27.3 Å². The first kappa shape index (κ1) is 13.6. The van der Waals surface area contributed by atoms with Crippen molar-refractivity contribution in [2.24, 2.45) is 0 Å². The van der Waals surface area contributed by atoms with E-state index in [1.807, 2.05) is 12.1 Å². The Morgan fingerprint density at radius 2 is 2.17 bits per heavy atom. The number of nitrogens with zero attached hydrogens (tertiary/aromatic N) is 2. The molecular formula is C13H16BrN3S. The van der Waals surface area contributed by atoms with Crippen molar-refractivity contribution in [1.82, 2.24) is 15.5 Å². The van der Waals surface area contributed by atoms with E-state index < -0.39 is 0 Å². The molecule has 5 heteroatoms. The predicted molar refractivity (Wildman–Crippen MR) is 79.8 cm³/mol. The third kappa shape index (κ3) is 3.16. The summed E-state index contributed by atoms with van der Waals surface area (Å²) >= 11 is 5.14. The lowest BCUT2D eigenvalue weighted by Crippen LogP contribution is -2.19. The molecule has 0 radical (unpaired) electrons. The molecule has 0 saturated carbocycles. The second-order valence-electron chi connectivity index (χ2n) is 3.97. The topological polar surface area (TPSA) is 37.8 Å². The fourth-order valence-electron chi connectivity index (χ4n) is 1.77. The van der Waals surface area contributed by atoms with Crippen molar-refractivity contribution in [3.05, 3.63) is 33.7 Å². The normalized spacial score (nSPS) is 12.6. The van der Waals surface area contributed by atoms with Gasteiger partial charge in [-0.25, -0.2) is 0 Å². The lowest BCUT2D eigenvalue weighted by Gasteiger charge is -2.10. The van der Waals surface area contributed by atoms with Gasteiger partial charge in [0.2, 0.25) is 0 Å². The average molecular weight is 326 g/mol. The van der Waals surface area contributed by atoms with E-state index in [1.54, 1.807) is 11.3 Å². The quantitative estimate of drug-likeness (QED) is 0.901. The van der Waals surface area contributed by atoms with Gasteiger partial charge in [0.1, 0.15) is 10.0 Å². The molecule has 0 spiro atoms. The molecule has 1 atom stereocenters. The van der Waals surface area contributed by atoms with Crippen molar-refractivity contribution in [3.63, 3.8) is 0 Å². The van der Waals surface area contributed by atoms with E-state index in [-0.39, 0.29) is 0 Å². The van der Waals surface area contributed by atoms with Gasteiger partial charge in [-0.15, -0.1) is 10.2 Å². The molecule has 0 amide bonds. The van der Waals surface area contributed by atoms with Crippen LogP contribution in [0.5, 0.6) is 0 Å². The molecule has 2 aromatic rings. The molecule has 1 N–H and O–H groups in total. The van der Waals surface area contributed by atoms with Gasteiger partial charge in [0.15, 0.2) is 0 Å². The summed E-state index contributed by atoms with van der Waals surface area (Å²) in [6.07, 6.45) is 1.03. The van der Waals surface area contributed by atoms with Crippen LogP contribution in [0.4, 0.5) is 0 Å². The van der Waals surface area contributed by atoms with Gasteiger partial charge in [0.05, 0.1) is 6.04 Å². The van der Waals surface area contributed by atoms with Crippen LogP contribution in [-0.2, 0) is 0 Å². The molecule has 2 rings (SSSR count). The van der Waals surface area contributed by atoms with Crippen LogP contribution < -0.4 is 5.32 Å². The van der Waals surface area contributed by atoms with Crippen molar-refractivity contribution >= 4 is 27.3 Å². The SMILES string of the molecule is CCNC(CC)c1nnc(-c2cccc(Br)c2)s1. The Bertz CT molecular complexity index is 512. The average Bonchev–Trinajstić information content (AvgIpc) is 2.85. The molecule has 1 heterocycles. The molecule has 3 nitrogen and oxygen atoms in total. The summed E-state index contributed by atoms with van der Waals surface area (Å²) in [7, 11) is 0. The molecule has 1 aromatic carbocycles. The van der Waals surface area contributed by atoms with Crippen LogP contribution in [0.1, 0.15) is 31.3 Å². The zero-order valence-electron chi connectivity index (χ0n) is 10.5. The fraction of sp³-hybridized carbons (Fsp3) is 0.385. The summed E-state index contributed by atoms with van der Waals surface area (Å²) in [5, 5.41) is 14.1. The second-order valence-corrected chi connectivity index (χ2v) is 5.90. The highest BCUT2D eigenvalue weighted by Gasteiger charge is 2.14. The first-order valence-electron chi connectivity index (χ1n) is 6.07. The van der Waals surface area contributed by atoms with Gasteiger partial charge >= 0.3 is 0 Å². The number of hydrogen-bond acceptors (Lipinski definition) is 4. The van der Waals surface area contributed by atoms with Crippen LogP contribution in [0.25, 0.3) is 10.6 Å². The summed E-state index contributed by atoms with van der Waals surface area (Å²) < 4.78 is 1.07. The van der Waals surface area contributed by atoms with Crippen molar-refractivity contribution in [1.29, 1.82) is 0 Å². The van der Waals surface area contributed by atoms with Crippen LogP contribution in [0.2, 0.25) is 0 Å². The Kier molecular flexibility index (Phi) is 4.86. The van der Waals surface area contributed by atoms with E-state index in [0.717, 1.165) is 33.0 Å². The Labute approximate surface area is 120 Å². The van der Waals surface area contributed by atoms with Gasteiger partial charge < -0.3 is 5.32 Å². The molecular weight excluding hydrogens is 310 g/mol. The first-order chi connectivity index (χ1) is 8.74. The van der Waals surface area contributed by atoms with Gasteiger partial charge in [0.25, 0.3) is 0 Å². The van der Waals surface area contributed by atoms with Gasteiger partial charge in [-0.1, -0.05) is 53.2 Å². The van der Waals surface area contributed by atoms with Crippen LogP contribution in [0, 0.1) is 0 Å². The lowest BCUT2D eigenvalue weighted by atomic mass is 10.2. The molecule has 0 fully saturated rings. The lowest BCUT2D eigenvalue weighted by molar-refractivity contribution is 0.531. The number of halogens is 1. The zero-order chi connectivity index (χ0) is 13.0. The largest absolute Gasteiger partial charge is 0.308 e. The number of benzene rings is 1. The molecule has 18 heavy (non-hydrogen) atoms. The standard InChI is InChI=1S/C13H16BrN3S/c1-3-11(15-4-2)13-17-16-12(18-13)9-6-5-7-10(14)8-9/h5-8,11,15H,3-4H2,1-2H3. The Hall–Kier alpha value is -0.780. The first-order valence-corrected chi connectivity index (χ1v) is 7.68. The monoisotopic (exact) mass is 325 g/mol. The number of aromatic nitrogens is 2. The molecule has 0 aliphatic carbocycles. The van der Waals surface area contributed by atoms with E-state index in [1.165, 1.54) is 0 Å². The summed E-state index contributed by atoms with van der Waals surface area (Å²) in [6, 6.07) is 8.47. The highest BCUT2D eigenvalue weighted by Crippen LogP contribution is 2.29. The fourth-order valence-corrected chi connectivity index (χ4v) is 3.16. The maximum atomic E-state index is 4.30. The van der Waals surface area contributed by atoms with Crippen molar-refractivity contribution in [2.75, 3.05) is 6.54 Å². The summed E-state index contributed by atoms with van der Waals surface area (Å²) in [5.41, 5.74) is 1.11. The molecule has 0 aliphatic heterocycles. The molecule has 1 aromatic heterocycles. The third-order valence-corrected chi connectivity index (χ3v) is 4.25. The summed E-state index contributed by atoms with van der Waals surface area (Å²) in [5.74, 6) is 0. The summed E-state index contributed by atoms with van der Waals surface area (Å²) in [4.78, 5) is 0. The van der Waals surface area contributed by atoms with Crippen molar-refractivity contribution < 1.29 is 0 Å². The van der Waals surface area contributed by atoms with Crippen LogP contribution in [-0.4, -0.2) is 16.7 Å². The molecule has 0 saturated heterocycles. The highest BCUT2D eigenvalue weighted by molar-refractivity contribution is 9.10. The van der Waals surface area contributed by atoms with E-state index in [9.17, 15) is 0 Å². The molecule has 96 valence electrons. The van der Waals surface area contributed by atoms with Crippen LogP contribution in [0.15, 0.2) is 28.7 Å². The minimum atomic E-state index is 0.313. The van der Waals surface area contributed by atoms with Gasteiger partial charge in [-0.05, 0) is 25.1 Å². The predicted octanol–water partition coefficient (Wildman–Crippen LogP) is 4.03. The van der Waals surface area contributed by atoms with E-state index in [0.29, 0.717) is 6.04 Å². The van der Waals surface area contributed by atoms with Gasteiger partial charge in [-0.2, -0.15) is 0 Å². The van der Waals surface area contributed by atoms with Gasteiger partial charge in [-0.3, -0.25) is 0 Å². The zero-order valence-corrected chi connectivity index (χ0v) is 12.9. The van der Waals surface area contributed by atoms with E-state index >= 15 is 0 Å². The summed E-state index contributed by atoms with van der Waals surface area (Å²) in [6.45, 7) is 5.22. The Morgan fingerprint density at radius 3 is 2.83 bits per heavy atom. The third-order valence-electron chi connectivity index (χ3n) is 2.67. The molecule has 0 aliphatic rings. The van der Waals surface area contributed by atoms with E-state index in [4.69, 9.17) is 0 Å². The number of nitrogens with one attached hydrogen (secondary N) is 1. The Balaban J connectivity index is 2.24.